The van der Waals surface area contributed by atoms with E-state index in [2.05, 4.69) is 39.8 Å². The second kappa shape index (κ2) is 6.05. The van der Waals surface area contributed by atoms with E-state index in [9.17, 15) is 0 Å². The Kier molecular flexibility index (Phi) is 3.97. The zero-order valence-electron chi connectivity index (χ0n) is 11.7. The normalized spacial score (nSPS) is 19.6. The van der Waals surface area contributed by atoms with Crippen LogP contribution in [0, 0.1) is 0 Å². The lowest BCUT2D eigenvalue weighted by Gasteiger charge is -2.17. The first kappa shape index (κ1) is 13.1. The van der Waals surface area contributed by atoms with E-state index in [0.717, 1.165) is 49.6 Å². The maximum Gasteiger partial charge on any atom is 0.163 e. The average molecular weight is 272 g/mol. The summed E-state index contributed by atoms with van der Waals surface area (Å²) >= 11 is 0. The summed E-state index contributed by atoms with van der Waals surface area (Å²) < 4.78 is 7.43. The first-order chi connectivity index (χ1) is 9.83. The smallest absolute Gasteiger partial charge is 0.163 e. The van der Waals surface area contributed by atoms with E-state index in [1.807, 2.05) is 11.6 Å². The van der Waals surface area contributed by atoms with Crippen LogP contribution >= 0.6 is 0 Å². The number of rotatable bonds is 3. The molecule has 5 heteroatoms. The summed E-state index contributed by atoms with van der Waals surface area (Å²) in [5.74, 6) is 0.887. The number of nitrogens with zero attached hydrogens (tertiary/aromatic N) is 3. The molecule has 1 atom stereocenters. The van der Waals surface area contributed by atoms with Crippen LogP contribution in [0.2, 0.25) is 0 Å². The minimum atomic E-state index is 0.493. The van der Waals surface area contributed by atoms with Crippen LogP contribution in [-0.4, -0.2) is 34.0 Å². The van der Waals surface area contributed by atoms with Crippen molar-refractivity contribution in [2.24, 2.45) is 7.05 Å². The number of nitrogens with one attached hydrogen (secondary N) is 1. The zero-order valence-corrected chi connectivity index (χ0v) is 11.7. The van der Waals surface area contributed by atoms with Gasteiger partial charge in [0.2, 0.25) is 0 Å². The minimum Gasteiger partial charge on any atom is -0.382 e. The van der Waals surface area contributed by atoms with Crippen molar-refractivity contribution in [2.45, 2.75) is 25.3 Å². The molecule has 20 heavy (non-hydrogen) atoms. The van der Waals surface area contributed by atoms with Gasteiger partial charge >= 0.3 is 0 Å². The van der Waals surface area contributed by atoms with Crippen LogP contribution in [-0.2, 0) is 11.8 Å². The quantitative estimate of drug-likeness (QED) is 0.932. The largest absolute Gasteiger partial charge is 0.382 e. The summed E-state index contributed by atoms with van der Waals surface area (Å²) in [4.78, 5) is 0. The molecule has 0 aliphatic carbocycles. The fourth-order valence-electron chi connectivity index (χ4n) is 2.58. The van der Waals surface area contributed by atoms with Gasteiger partial charge in [-0.2, -0.15) is 0 Å². The third kappa shape index (κ3) is 2.99. The van der Waals surface area contributed by atoms with Crippen molar-refractivity contribution in [1.29, 1.82) is 0 Å². The highest BCUT2D eigenvalue weighted by atomic mass is 16.5. The topological polar surface area (TPSA) is 52.0 Å². The van der Waals surface area contributed by atoms with Crippen molar-refractivity contribution in [3.63, 3.8) is 0 Å². The number of ether oxygens (including phenoxy) is 1. The van der Waals surface area contributed by atoms with E-state index >= 15 is 0 Å². The molecule has 106 valence electrons. The van der Waals surface area contributed by atoms with E-state index in [1.54, 1.807) is 6.33 Å². The molecule has 2 aromatic rings. The number of benzene rings is 1. The van der Waals surface area contributed by atoms with Gasteiger partial charge in [-0.3, -0.25) is 0 Å². The fourth-order valence-corrected chi connectivity index (χ4v) is 2.58. The summed E-state index contributed by atoms with van der Waals surface area (Å²) in [6.07, 6.45) is 5.07. The number of aryl methyl sites for hydroxylation is 1. The van der Waals surface area contributed by atoms with E-state index in [1.165, 1.54) is 0 Å². The molecule has 0 bridgehead atoms. The maximum absolute atomic E-state index is 5.50. The summed E-state index contributed by atoms with van der Waals surface area (Å²) in [6, 6.07) is 8.85. The molecule has 5 nitrogen and oxygen atoms in total. The van der Waals surface area contributed by atoms with Crippen molar-refractivity contribution in [3.05, 3.63) is 30.6 Å². The van der Waals surface area contributed by atoms with E-state index in [4.69, 9.17) is 4.74 Å². The third-order valence-electron chi connectivity index (χ3n) is 3.65. The molecule has 1 aromatic carbocycles. The second-order valence-electron chi connectivity index (χ2n) is 5.23. The highest BCUT2D eigenvalue weighted by molar-refractivity contribution is 5.62. The van der Waals surface area contributed by atoms with Crippen LogP contribution in [0.3, 0.4) is 0 Å². The molecular formula is C15H20N4O. The standard InChI is InChI=1S/C15H20N4O/c1-19-11-16-18-15(19)12-4-2-5-14(10-12)17-13-6-3-8-20-9-7-13/h2,4-5,10-11,13,17H,3,6-9H2,1H3. The van der Waals surface area contributed by atoms with Crippen LogP contribution in [0.5, 0.6) is 0 Å². The molecule has 0 radical (unpaired) electrons. The zero-order chi connectivity index (χ0) is 13.8. The van der Waals surface area contributed by atoms with Crippen LogP contribution in [0.25, 0.3) is 11.4 Å². The molecule has 0 saturated carbocycles. The highest BCUT2D eigenvalue weighted by Crippen LogP contribution is 2.22. The van der Waals surface area contributed by atoms with E-state index in [0.29, 0.717) is 6.04 Å². The van der Waals surface area contributed by atoms with Crippen LogP contribution < -0.4 is 5.32 Å². The molecule has 1 fully saturated rings. The Morgan fingerprint density at radius 2 is 2.25 bits per heavy atom. The van der Waals surface area contributed by atoms with Gasteiger partial charge < -0.3 is 14.6 Å². The average Bonchev–Trinajstić information content (AvgIpc) is 2.72. The maximum atomic E-state index is 5.50. The number of hydrogen-bond donors (Lipinski definition) is 1. The second-order valence-corrected chi connectivity index (χ2v) is 5.23. The van der Waals surface area contributed by atoms with Crippen molar-refractivity contribution in [1.82, 2.24) is 14.8 Å². The molecule has 1 aliphatic heterocycles. The number of aromatic nitrogens is 3. The number of hydrogen-bond acceptors (Lipinski definition) is 4. The highest BCUT2D eigenvalue weighted by Gasteiger charge is 2.12. The van der Waals surface area contributed by atoms with E-state index < -0.39 is 0 Å². The van der Waals surface area contributed by atoms with Gasteiger partial charge in [-0.15, -0.1) is 10.2 Å². The Morgan fingerprint density at radius 3 is 3.10 bits per heavy atom. The van der Waals surface area contributed by atoms with Crippen molar-refractivity contribution in [3.8, 4) is 11.4 Å². The summed E-state index contributed by atoms with van der Waals surface area (Å²) in [5.41, 5.74) is 2.22. The summed E-state index contributed by atoms with van der Waals surface area (Å²) in [6.45, 7) is 1.73. The first-order valence-electron chi connectivity index (χ1n) is 7.11. The van der Waals surface area contributed by atoms with Gasteiger partial charge in [0.1, 0.15) is 6.33 Å². The Hall–Kier alpha value is -1.88. The lowest BCUT2D eigenvalue weighted by atomic mass is 10.1. The van der Waals surface area contributed by atoms with Gasteiger partial charge in [0.25, 0.3) is 0 Å². The number of anilines is 1. The monoisotopic (exact) mass is 272 g/mol. The predicted octanol–water partition coefficient (Wildman–Crippen LogP) is 2.46. The van der Waals surface area contributed by atoms with E-state index in [-0.39, 0.29) is 0 Å². The lowest BCUT2D eigenvalue weighted by molar-refractivity contribution is 0.144. The summed E-state index contributed by atoms with van der Waals surface area (Å²) in [5, 5.41) is 11.7. The van der Waals surface area contributed by atoms with Gasteiger partial charge in [-0.05, 0) is 31.4 Å². The minimum absolute atomic E-state index is 0.493. The lowest BCUT2D eigenvalue weighted by Crippen LogP contribution is -2.19. The molecule has 3 rings (SSSR count). The van der Waals surface area contributed by atoms with Crippen LogP contribution in [0.15, 0.2) is 30.6 Å². The van der Waals surface area contributed by atoms with Gasteiger partial charge in [-0.1, -0.05) is 12.1 Å². The molecule has 1 unspecified atom stereocenters. The molecule has 1 aromatic heterocycles. The molecular weight excluding hydrogens is 252 g/mol. The van der Waals surface area contributed by atoms with Gasteiger partial charge in [0, 0.05) is 37.6 Å². The fraction of sp³-hybridized carbons (Fsp3) is 0.467. The Labute approximate surface area is 119 Å². The van der Waals surface area contributed by atoms with Crippen molar-refractivity contribution in [2.75, 3.05) is 18.5 Å². The van der Waals surface area contributed by atoms with Gasteiger partial charge in [0.15, 0.2) is 5.82 Å². The molecule has 1 saturated heterocycles. The molecule has 1 N–H and O–H groups in total. The SMILES string of the molecule is Cn1cnnc1-c1cccc(NC2CCCOCC2)c1. The van der Waals surface area contributed by atoms with Crippen LogP contribution in [0.4, 0.5) is 5.69 Å². The van der Waals surface area contributed by atoms with Gasteiger partial charge in [-0.25, -0.2) is 0 Å². The molecule has 2 heterocycles. The molecule has 0 spiro atoms. The Balaban J connectivity index is 1.76. The van der Waals surface area contributed by atoms with Crippen molar-refractivity contribution < 1.29 is 4.74 Å². The molecule has 0 amide bonds. The Morgan fingerprint density at radius 1 is 1.30 bits per heavy atom. The third-order valence-corrected chi connectivity index (χ3v) is 3.65. The van der Waals surface area contributed by atoms with Crippen LogP contribution in [0.1, 0.15) is 19.3 Å². The Bertz CT molecular complexity index is 559. The van der Waals surface area contributed by atoms with Gasteiger partial charge in [0.05, 0.1) is 0 Å². The molecule has 1 aliphatic rings. The predicted molar refractivity (Wildman–Crippen MR) is 78.5 cm³/mol. The first-order valence-corrected chi connectivity index (χ1v) is 7.11. The summed E-state index contributed by atoms with van der Waals surface area (Å²) in [7, 11) is 1.96. The van der Waals surface area contributed by atoms with Crippen molar-refractivity contribution >= 4 is 5.69 Å².